The van der Waals surface area contributed by atoms with Gasteiger partial charge >= 0.3 is 16.1 Å². The summed E-state index contributed by atoms with van der Waals surface area (Å²) in [5, 5.41) is 1.91. The third kappa shape index (κ3) is 7.11. The summed E-state index contributed by atoms with van der Waals surface area (Å²) in [5.41, 5.74) is 0.764. The predicted molar refractivity (Wildman–Crippen MR) is 135 cm³/mol. The molecular weight excluding hydrogens is 524 g/mol. The van der Waals surface area contributed by atoms with E-state index in [1.165, 1.54) is 56.5 Å². The molecule has 0 spiro atoms. The van der Waals surface area contributed by atoms with Crippen LogP contribution in [0.1, 0.15) is 26.3 Å². The first-order chi connectivity index (χ1) is 17.4. The van der Waals surface area contributed by atoms with Gasteiger partial charge in [-0.3, -0.25) is 24.1 Å². The van der Waals surface area contributed by atoms with Crippen molar-refractivity contribution in [2.24, 2.45) is 0 Å². The second-order valence-electron chi connectivity index (χ2n) is 7.96. The largest absolute Gasteiger partial charge is 0.493 e. The molecule has 0 aliphatic carbocycles. The number of imide groups is 1. The van der Waals surface area contributed by atoms with Gasteiger partial charge in [0.1, 0.15) is 11.4 Å². The van der Waals surface area contributed by atoms with Gasteiger partial charge in [0.2, 0.25) is 5.91 Å². The van der Waals surface area contributed by atoms with E-state index in [9.17, 15) is 27.6 Å². The fraction of sp³-hybridized carbons (Fsp3) is 0.250. The van der Waals surface area contributed by atoms with E-state index in [4.69, 9.17) is 13.7 Å². The van der Waals surface area contributed by atoms with Crippen LogP contribution in [0.5, 0.6) is 11.5 Å². The molecule has 1 N–H and O–H groups in total. The predicted octanol–water partition coefficient (Wildman–Crippen LogP) is 3.41. The molecule has 196 valence electrons. The molecule has 11 nitrogen and oxygen atoms in total. The molecule has 1 aliphatic rings. The van der Waals surface area contributed by atoms with Gasteiger partial charge in [0.25, 0.3) is 11.1 Å². The van der Waals surface area contributed by atoms with Crippen LogP contribution >= 0.6 is 11.8 Å². The summed E-state index contributed by atoms with van der Waals surface area (Å²) in [4.78, 5) is 48.7. The first-order valence-electron chi connectivity index (χ1n) is 10.8. The van der Waals surface area contributed by atoms with Crippen molar-refractivity contribution < 1.29 is 41.3 Å². The molecule has 0 unspecified atom stereocenters. The van der Waals surface area contributed by atoms with Gasteiger partial charge in [0, 0.05) is 12.6 Å². The van der Waals surface area contributed by atoms with E-state index >= 15 is 0 Å². The third-order valence-electron chi connectivity index (χ3n) is 4.68. The smallest absolute Gasteiger partial charge is 0.339 e. The molecule has 1 fully saturated rings. The van der Waals surface area contributed by atoms with Gasteiger partial charge in [-0.15, -0.1) is 0 Å². The van der Waals surface area contributed by atoms with Crippen LogP contribution in [0.25, 0.3) is 6.08 Å². The number of carbonyl (C=O) groups excluding carboxylic acids is 4. The number of amides is 3. The Morgan fingerprint density at radius 1 is 1.08 bits per heavy atom. The third-order valence-corrected chi connectivity index (χ3v) is 6.83. The van der Waals surface area contributed by atoms with E-state index in [-0.39, 0.29) is 27.2 Å². The molecule has 3 amide bonds. The van der Waals surface area contributed by atoms with Gasteiger partial charge in [-0.2, -0.15) is 8.42 Å². The summed E-state index contributed by atoms with van der Waals surface area (Å²) in [6, 6.07) is 9.70. The number of methoxy groups -OCH3 is 1. The van der Waals surface area contributed by atoms with Crippen molar-refractivity contribution in [3.63, 3.8) is 0 Å². The molecule has 1 heterocycles. The number of benzene rings is 2. The Morgan fingerprint density at radius 2 is 1.76 bits per heavy atom. The maximum Gasteiger partial charge on any atom is 0.339 e. The number of hydrogen-bond donors (Lipinski definition) is 1. The highest BCUT2D eigenvalue weighted by molar-refractivity contribution is 8.18. The van der Waals surface area contributed by atoms with Crippen molar-refractivity contribution in [2.75, 3.05) is 19.0 Å². The van der Waals surface area contributed by atoms with Crippen LogP contribution in [0.15, 0.2) is 52.3 Å². The average molecular weight is 549 g/mol. The van der Waals surface area contributed by atoms with Crippen molar-refractivity contribution in [1.29, 1.82) is 0 Å². The highest BCUT2D eigenvalue weighted by atomic mass is 32.2. The van der Waals surface area contributed by atoms with Gasteiger partial charge < -0.3 is 19.0 Å². The lowest BCUT2D eigenvalue weighted by molar-refractivity contribution is -0.149. The number of ether oxygens (including phenoxy) is 2. The zero-order valence-corrected chi connectivity index (χ0v) is 22.0. The zero-order chi connectivity index (χ0) is 27.3. The molecule has 0 bridgehead atoms. The van der Waals surface area contributed by atoms with Gasteiger partial charge in [0.15, 0.2) is 11.5 Å². The fourth-order valence-corrected chi connectivity index (χ4v) is 4.91. The molecule has 3 rings (SSSR count). The van der Waals surface area contributed by atoms with E-state index in [1.54, 1.807) is 19.9 Å². The lowest BCUT2D eigenvalue weighted by atomic mass is 10.2. The maximum atomic E-state index is 12.8. The first-order valence-corrected chi connectivity index (χ1v) is 13.1. The van der Waals surface area contributed by atoms with Gasteiger partial charge in [0.05, 0.1) is 18.1 Å². The quantitative estimate of drug-likeness (QED) is 0.281. The molecule has 0 saturated carbocycles. The van der Waals surface area contributed by atoms with Crippen molar-refractivity contribution >= 4 is 56.7 Å². The molecule has 13 heteroatoms. The molecule has 37 heavy (non-hydrogen) atoms. The molecule has 0 aromatic heterocycles. The summed E-state index contributed by atoms with van der Waals surface area (Å²) in [6.07, 6.45) is 0.979. The highest BCUT2D eigenvalue weighted by Crippen LogP contribution is 2.35. The van der Waals surface area contributed by atoms with E-state index < -0.39 is 39.9 Å². The topological polar surface area (TPSA) is 145 Å². The fourth-order valence-electron chi connectivity index (χ4n) is 3.14. The molecule has 2 aromatic carbocycles. The molecule has 1 saturated heterocycles. The Labute approximate surface area is 217 Å². The Kier molecular flexibility index (Phi) is 8.61. The van der Waals surface area contributed by atoms with Crippen LogP contribution in [0, 0.1) is 0 Å². The highest BCUT2D eigenvalue weighted by Gasteiger charge is 2.37. The van der Waals surface area contributed by atoms with Crippen LogP contribution in [0.3, 0.4) is 0 Å². The minimum atomic E-state index is -4.29. The van der Waals surface area contributed by atoms with Crippen molar-refractivity contribution in [3.05, 3.63) is 52.9 Å². The Morgan fingerprint density at radius 3 is 2.35 bits per heavy atom. The Balaban J connectivity index is 1.83. The van der Waals surface area contributed by atoms with Gasteiger partial charge in [-0.05, 0) is 73.6 Å². The monoisotopic (exact) mass is 548 g/mol. The summed E-state index contributed by atoms with van der Waals surface area (Å²) >= 11 is 0.639. The summed E-state index contributed by atoms with van der Waals surface area (Å²) in [7, 11) is -2.95. The number of esters is 1. The Hall–Kier alpha value is -3.84. The SMILES string of the molecule is COc1ccc(/C=C2\SC(=O)N(CC(=O)OC(C)C)C2=O)cc1OS(=O)(=O)c1ccc(NC(C)=O)cc1. The zero-order valence-electron chi connectivity index (χ0n) is 20.3. The number of anilines is 1. The van der Waals surface area contributed by atoms with Crippen LogP contribution in [-0.4, -0.2) is 56.1 Å². The molecule has 0 radical (unpaired) electrons. The molecule has 1 aliphatic heterocycles. The average Bonchev–Trinajstić information content (AvgIpc) is 3.05. The minimum Gasteiger partial charge on any atom is -0.493 e. The second kappa shape index (κ2) is 11.5. The molecular formula is C24H24N2O9S2. The molecule has 2 aromatic rings. The van der Waals surface area contributed by atoms with Crippen LogP contribution in [0.2, 0.25) is 0 Å². The lowest BCUT2D eigenvalue weighted by Gasteiger charge is -2.13. The minimum absolute atomic E-state index is 0.0369. The van der Waals surface area contributed by atoms with Crippen LogP contribution < -0.4 is 14.2 Å². The van der Waals surface area contributed by atoms with E-state index in [2.05, 4.69) is 5.32 Å². The number of carbonyl (C=O) groups is 4. The summed E-state index contributed by atoms with van der Waals surface area (Å²) in [6.45, 7) is 4.11. The second-order valence-corrected chi connectivity index (χ2v) is 10.5. The maximum absolute atomic E-state index is 12.8. The number of hydrogen-bond acceptors (Lipinski definition) is 10. The lowest BCUT2D eigenvalue weighted by Crippen LogP contribution is -2.35. The van der Waals surface area contributed by atoms with Crippen LogP contribution in [0.4, 0.5) is 10.5 Å². The van der Waals surface area contributed by atoms with Crippen molar-refractivity contribution in [3.8, 4) is 11.5 Å². The number of rotatable bonds is 9. The standard InChI is InChI=1S/C24H24N2O9S2/c1-14(2)34-22(28)13-26-23(29)21(36-24(26)30)12-16-5-10-19(33-4)20(11-16)35-37(31,32)18-8-6-17(7-9-18)25-15(3)27/h5-12,14H,13H2,1-4H3,(H,25,27)/b21-12-. The van der Waals surface area contributed by atoms with Gasteiger partial charge in [-0.1, -0.05) is 6.07 Å². The van der Waals surface area contributed by atoms with Crippen molar-refractivity contribution in [2.45, 2.75) is 31.8 Å². The summed E-state index contributed by atoms with van der Waals surface area (Å²) < 4.78 is 41.2. The number of nitrogens with one attached hydrogen (secondary N) is 1. The Bertz CT molecular complexity index is 1370. The molecule has 0 atom stereocenters. The van der Waals surface area contributed by atoms with Gasteiger partial charge in [-0.25, -0.2) is 0 Å². The normalized spacial score (nSPS) is 14.7. The van der Waals surface area contributed by atoms with E-state index in [0.717, 1.165) is 4.90 Å². The van der Waals surface area contributed by atoms with E-state index in [1.807, 2.05) is 0 Å². The first kappa shape index (κ1) is 27.7. The van der Waals surface area contributed by atoms with Crippen molar-refractivity contribution in [1.82, 2.24) is 4.90 Å². The summed E-state index contributed by atoms with van der Waals surface area (Å²) in [5.74, 6) is -1.74. The van der Waals surface area contributed by atoms with E-state index in [0.29, 0.717) is 23.0 Å². The van der Waals surface area contributed by atoms with Crippen LogP contribution in [-0.2, 0) is 29.2 Å². The number of thioether (sulfide) groups is 1. The number of nitrogens with zero attached hydrogens (tertiary/aromatic N) is 1.